The number of rotatable bonds is 6. The number of benzene rings is 3. The first-order valence-electron chi connectivity index (χ1n) is 21.6. The SMILES string of the molecule is CC.CC.CC.CN1CCCC1C(=O)O.CN1CCCC1C(O)(c1ccccc1)c1ccccc1.COC(=O)C1CCCN1C.O=C(O)C1CCCN1.[Br-].[Mg+2].[c-]1ccccc1. The van der Waals surface area contributed by atoms with Crippen LogP contribution in [0.4, 0.5) is 0 Å². The van der Waals surface area contributed by atoms with Gasteiger partial charge in [0.25, 0.3) is 0 Å². The number of hydrogen-bond donors (Lipinski definition) is 4. The molecule has 4 heterocycles. The molecule has 4 saturated heterocycles. The van der Waals surface area contributed by atoms with Crippen molar-refractivity contribution in [2.24, 2.45) is 0 Å². The van der Waals surface area contributed by atoms with E-state index < -0.39 is 17.5 Å². The number of ether oxygens (including phenoxy) is 1. The van der Waals surface area contributed by atoms with Gasteiger partial charge in [-0.1, -0.05) is 102 Å². The monoisotopic (exact) mass is 924 g/mol. The van der Waals surface area contributed by atoms with Gasteiger partial charge < -0.3 is 42.4 Å². The maximum absolute atomic E-state index is 11.6. The Kier molecular flexibility index (Phi) is 38.5. The van der Waals surface area contributed by atoms with E-state index in [9.17, 15) is 19.5 Å². The molecule has 11 nitrogen and oxygen atoms in total. The number of carbonyl (C=O) groups excluding carboxylic acids is 1. The first-order chi connectivity index (χ1) is 28.5. The summed E-state index contributed by atoms with van der Waals surface area (Å²) in [6, 6.07) is 32.3. The maximum Gasteiger partial charge on any atom is 2.00 e. The molecule has 4 atom stereocenters. The fraction of sp³-hybridized carbons (Fsp3) is 0.562. The van der Waals surface area contributed by atoms with Crippen LogP contribution in [0.15, 0.2) is 91.0 Å². The molecule has 0 aliphatic carbocycles. The summed E-state index contributed by atoms with van der Waals surface area (Å²) in [5, 5.41) is 31.3. The van der Waals surface area contributed by atoms with Crippen molar-refractivity contribution in [3.05, 3.63) is 108 Å². The zero-order valence-electron chi connectivity index (χ0n) is 38.9. The van der Waals surface area contributed by atoms with Crippen molar-refractivity contribution in [1.29, 1.82) is 0 Å². The predicted octanol–water partition coefficient (Wildman–Crippen LogP) is 4.45. The minimum atomic E-state index is -0.937. The summed E-state index contributed by atoms with van der Waals surface area (Å²) >= 11 is 0. The Bertz CT molecular complexity index is 1420. The molecule has 0 bridgehead atoms. The smallest absolute Gasteiger partial charge is 1.00 e. The van der Waals surface area contributed by atoms with Gasteiger partial charge in [-0.15, -0.1) is 0 Å². The van der Waals surface area contributed by atoms with Crippen LogP contribution in [0.2, 0.25) is 0 Å². The molecule has 0 aromatic heterocycles. The normalized spacial score (nSPS) is 20.0. The fourth-order valence-electron chi connectivity index (χ4n) is 7.18. The summed E-state index contributed by atoms with van der Waals surface area (Å²) in [5.74, 6) is -1.50. The van der Waals surface area contributed by atoms with Gasteiger partial charge in [-0.05, 0) is 110 Å². The number of esters is 1. The standard InChI is InChI=1S/C18H21NO.C7H13NO2.C6H11NO2.C6H5.C5H9NO2.3C2H6.BrH.Mg/c1-19-14-8-13-17(19)18(20,15-9-4-2-5-10-15)16-11-6-3-7-12-16;1-8-5-3-4-6(8)7(9)10-2;1-7-4-2-3-5(7)6(8)9;1-2-4-6-5-3-1;7-5(8)4-2-1-3-6-4;3*1-2;;/h2-7,9-12,17,20H,8,13-14H2,1H3;6H,3-5H2,1-2H3;5H,2-4H2,1H3,(H,8,9);1-5H;4,6H,1-3H2,(H,7,8);3*1-2H3;1H;/q;;;-1;;;;;;+2/p-1. The maximum atomic E-state index is 11.6. The van der Waals surface area contributed by atoms with Gasteiger partial charge in [0, 0.05) is 6.04 Å². The molecule has 61 heavy (non-hydrogen) atoms. The Labute approximate surface area is 395 Å². The van der Waals surface area contributed by atoms with E-state index >= 15 is 0 Å². The molecule has 13 heteroatoms. The van der Waals surface area contributed by atoms with Crippen molar-refractivity contribution in [2.75, 3.05) is 54.4 Å². The van der Waals surface area contributed by atoms with Gasteiger partial charge in [-0.25, -0.2) is 0 Å². The number of methoxy groups -OCH3 is 1. The Hall–Kier alpha value is -2.88. The topological polar surface area (TPSA) is 143 Å². The minimum Gasteiger partial charge on any atom is -1.00 e. The summed E-state index contributed by atoms with van der Waals surface area (Å²) in [5.41, 5.74) is 1.02. The van der Waals surface area contributed by atoms with Gasteiger partial charge in [-0.3, -0.25) is 29.1 Å². The molecule has 0 radical (unpaired) electrons. The van der Waals surface area contributed by atoms with Crippen LogP contribution in [0.1, 0.15) is 104 Å². The zero-order valence-corrected chi connectivity index (χ0v) is 41.9. The number of nitrogens with one attached hydrogen (secondary N) is 1. The molecule has 4 aliphatic heterocycles. The number of likely N-dealkylation sites (N-methyl/N-ethyl adjacent to an activating group) is 3. The molecule has 7 rings (SSSR count). The number of nitrogens with zero attached hydrogens (tertiary/aromatic N) is 3. The number of carboxylic acids is 2. The third kappa shape index (κ3) is 22.3. The van der Waals surface area contributed by atoms with Gasteiger partial charge >= 0.3 is 41.0 Å². The zero-order chi connectivity index (χ0) is 44.6. The number of carbonyl (C=O) groups is 3. The Morgan fingerprint density at radius 1 is 0.639 bits per heavy atom. The van der Waals surface area contributed by atoms with Crippen LogP contribution >= 0.6 is 0 Å². The number of likely N-dealkylation sites (tertiary alicyclic amines) is 3. The van der Waals surface area contributed by atoms with E-state index in [2.05, 4.69) is 28.1 Å². The second-order valence-electron chi connectivity index (χ2n) is 13.8. The molecule has 4 N–H and O–H groups in total. The van der Waals surface area contributed by atoms with Crippen molar-refractivity contribution in [1.82, 2.24) is 20.0 Å². The molecular weight excluding hydrogens is 849 g/mol. The number of halogens is 1. The van der Waals surface area contributed by atoms with Gasteiger partial charge in [0.1, 0.15) is 23.7 Å². The van der Waals surface area contributed by atoms with Gasteiger partial charge in [0.2, 0.25) is 0 Å². The second-order valence-corrected chi connectivity index (χ2v) is 13.8. The third-order valence-corrected chi connectivity index (χ3v) is 10.2. The average molecular weight is 926 g/mol. The summed E-state index contributed by atoms with van der Waals surface area (Å²) < 4.78 is 4.62. The van der Waals surface area contributed by atoms with Crippen LogP contribution in [0.5, 0.6) is 0 Å². The molecule has 0 saturated carbocycles. The Morgan fingerprint density at radius 2 is 1.07 bits per heavy atom. The molecular formula is C48H77BrMgN4O7. The minimum absolute atomic E-state index is 0. The van der Waals surface area contributed by atoms with Crippen LogP contribution < -0.4 is 22.3 Å². The van der Waals surface area contributed by atoms with Crippen LogP contribution in [0, 0.1) is 6.07 Å². The van der Waals surface area contributed by atoms with E-state index in [4.69, 9.17) is 10.2 Å². The summed E-state index contributed by atoms with van der Waals surface area (Å²) in [7, 11) is 7.35. The molecule has 0 spiro atoms. The average Bonchev–Trinajstić information content (AvgIpc) is 4.15. The first kappa shape index (κ1) is 62.4. The molecule has 3 aromatic carbocycles. The van der Waals surface area contributed by atoms with E-state index in [1.807, 2.05) is 156 Å². The Morgan fingerprint density at radius 3 is 1.33 bits per heavy atom. The number of hydrogen-bond acceptors (Lipinski definition) is 9. The van der Waals surface area contributed by atoms with Crippen molar-refractivity contribution in [3.63, 3.8) is 0 Å². The van der Waals surface area contributed by atoms with Crippen molar-refractivity contribution >= 4 is 41.0 Å². The van der Waals surface area contributed by atoms with E-state index in [0.717, 1.165) is 88.7 Å². The molecule has 4 aliphatic rings. The van der Waals surface area contributed by atoms with Crippen LogP contribution in [-0.2, 0) is 24.7 Å². The van der Waals surface area contributed by atoms with Crippen molar-refractivity contribution in [2.45, 2.75) is 123 Å². The quantitative estimate of drug-likeness (QED) is 0.158. The van der Waals surface area contributed by atoms with Crippen LogP contribution in [0.25, 0.3) is 0 Å². The molecule has 340 valence electrons. The van der Waals surface area contributed by atoms with Crippen LogP contribution in [-0.4, -0.2) is 150 Å². The molecule has 4 fully saturated rings. The van der Waals surface area contributed by atoms with Crippen molar-refractivity contribution < 1.29 is 51.4 Å². The number of aliphatic hydroxyl groups is 1. The van der Waals surface area contributed by atoms with E-state index in [1.165, 1.54) is 7.11 Å². The summed E-state index contributed by atoms with van der Waals surface area (Å²) in [6.07, 6.45) is 7.84. The third-order valence-electron chi connectivity index (χ3n) is 10.2. The first-order valence-corrected chi connectivity index (χ1v) is 21.6. The summed E-state index contributed by atoms with van der Waals surface area (Å²) in [4.78, 5) is 37.7. The van der Waals surface area contributed by atoms with Gasteiger partial charge in [0.05, 0.1) is 7.11 Å². The molecule has 4 unspecified atom stereocenters. The fourth-order valence-corrected chi connectivity index (χ4v) is 7.18. The largest absolute Gasteiger partial charge is 2.00 e. The number of aliphatic carboxylic acids is 2. The molecule has 0 amide bonds. The predicted molar refractivity (Wildman–Crippen MR) is 246 cm³/mol. The van der Waals surface area contributed by atoms with Crippen molar-refractivity contribution in [3.8, 4) is 0 Å². The Balaban J connectivity index is -0.000000706. The van der Waals surface area contributed by atoms with E-state index in [0.29, 0.717) is 0 Å². The summed E-state index contributed by atoms with van der Waals surface area (Å²) in [6.45, 7) is 15.8. The van der Waals surface area contributed by atoms with E-state index in [-0.39, 0.29) is 70.2 Å². The van der Waals surface area contributed by atoms with Gasteiger partial charge in [0.15, 0.2) is 0 Å². The van der Waals surface area contributed by atoms with E-state index in [1.54, 1.807) is 0 Å². The number of carboxylic acid groups (broad SMARTS) is 2. The molecule has 3 aromatic rings. The van der Waals surface area contributed by atoms with Gasteiger partial charge in [-0.2, -0.15) is 36.4 Å². The van der Waals surface area contributed by atoms with Crippen LogP contribution in [0.3, 0.4) is 0 Å². The second kappa shape index (κ2) is 37.7.